The highest BCUT2D eigenvalue weighted by Crippen LogP contribution is 2.44. The highest BCUT2D eigenvalue weighted by atomic mass is 14.3. The number of allylic oxidation sites excluding steroid dienone is 4. The topological polar surface area (TPSA) is 0 Å². The fraction of sp³-hybridized carbons (Fsp3) is 0.0625. The van der Waals surface area contributed by atoms with Crippen molar-refractivity contribution in [3.05, 3.63) is 155 Å². The van der Waals surface area contributed by atoms with E-state index in [9.17, 15) is 0 Å². The van der Waals surface area contributed by atoms with Crippen molar-refractivity contribution in [3.63, 3.8) is 0 Å². The zero-order chi connectivity index (χ0) is 21.6. The third-order valence-electron chi connectivity index (χ3n) is 5.85. The van der Waals surface area contributed by atoms with E-state index >= 15 is 0 Å². The Labute approximate surface area is 190 Å². The lowest BCUT2D eigenvalue weighted by molar-refractivity contribution is 1.10. The summed E-state index contributed by atoms with van der Waals surface area (Å²) >= 11 is 0. The summed E-state index contributed by atoms with van der Waals surface area (Å²) in [5.74, 6) is 7.01. The third-order valence-corrected chi connectivity index (χ3v) is 5.85. The maximum absolute atomic E-state index is 3.58. The van der Waals surface area contributed by atoms with Crippen LogP contribution in [0.2, 0.25) is 0 Å². The quantitative estimate of drug-likeness (QED) is 0.305. The van der Waals surface area contributed by atoms with Gasteiger partial charge in [0.2, 0.25) is 0 Å². The van der Waals surface area contributed by atoms with E-state index in [0.29, 0.717) is 0 Å². The second-order valence-corrected chi connectivity index (χ2v) is 8.02. The van der Waals surface area contributed by atoms with Gasteiger partial charge in [0.15, 0.2) is 0 Å². The molecule has 0 heterocycles. The van der Waals surface area contributed by atoms with E-state index in [1.807, 2.05) is 18.2 Å². The van der Waals surface area contributed by atoms with Gasteiger partial charge in [-0.15, -0.1) is 0 Å². The molecule has 0 spiro atoms. The zero-order valence-electron chi connectivity index (χ0n) is 18.0. The van der Waals surface area contributed by atoms with Crippen molar-refractivity contribution in [3.8, 4) is 11.8 Å². The van der Waals surface area contributed by atoms with E-state index < -0.39 is 0 Å². The summed E-state index contributed by atoms with van der Waals surface area (Å²) in [6, 6.07) is 42.4. The van der Waals surface area contributed by atoms with E-state index in [0.717, 1.165) is 24.0 Å². The summed E-state index contributed by atoms with van der Waals surface area (Å²) in [5, 5.41) is 0. The second-order valence-electron chi connectivity index (χ2n) is 8.02. The third kappa shape index (κ3) is 4.34. The first-order chi connectivity index (χ1) is 15.9. The Kier molecular flexibility index (Phi) is 5.82. The van der Waals surface area contributed by atoms with Gasteiger partial charge in [0.05, 0.1) is 0 Å². The number of benzene rings is 4. The normalized spacial score (nSPS) is 13.1. The number of hydrogen-bond acceptors (Lipinski definition) is 0. The summed E-state index contributed by atoms with van der Waals surface area (Å²) in [4.78, 5) is 0. The first-order valence-corrected chi connectivity index (χ1v) is 11.1. The van der Waals surface area contributed by atoms with E-state index in [2.05, 4.69) is 115 Å². The van der Waals surface area contributed by atoms with Gasteiger partial charge in [-0.05, 0) is 52.8 Å². The molecule has 0 nitrogen and oxygen atoms in total. The van der Waals surface area contributed by atoms with Crippen LogP contribution >= 0.6 is 0 Å². The van der Waals surface area contributed by atoms with Crippen molar-refractivity contribution in [1.82, 2.24) is 0 Å². The summed E-state index contributed by atoms with van der Waals surface area (Å²) in [6.45, 7) is 0. The van der Waals surface area contributed by atoms with Crippen LogP contribution < -0.4 is 0 Å². The molecule has 0 aromatic heterocycles. The maximum atomic E-state index is 3.58. The van der Waals surface area contributed by atoms with Gasteiger partial charge in [-0.2, -0.15) is 0 Å². The predicted octanol–water partition coefficient (Wildman–Crippen LogP) is 7.59. The molecular weight excluding hydrogens is 384 g/mol. The number of rotatable bonds is 4. The number of hydrogen-bond donors (Lipinski definition) is 0. The standard InChI is InChI=1S/C32H24/c1-5-13-25(14-6-1)21-22-30-31(27-17-9-3-10-18-27)24-29(23-26-15-7-2-8-16-26)32(30)28-19-11-4-12-20-28/h1-20H,23-24H2. The summed E-state index contributed by atoms with van der Waals surface area (Å²) in [6.07, 6.45) is 1.85. The van der Waals surface area contributed by atoms with Gasteiger partial charge >= 0.3 is 0 Å². The van der Waals surface area contributed by atoms with Crippen molar-refractivity contribution in [2.45, 2.75) is 12.8 Å². The minimum Gasteiger partial charge on any atom is -0.0622 e. The van der Waals surface area contributed by atoms with Gasteiger partial charge in [-0.1, -0.05) is 127 Å². The first kappa shape index (κ1) is 19.9. The molecule has 0 bridgehead atoms. The Morgan fingerprint density at radius 1 is 0.531 bits per heavy atom. The molecule has 0 N–H and O–H groups in total. The van der Waals surface area contributed by atoms with E-state index in [1.165, 1.54) is 33.4 Å². The van der Waals surface area contributed by atoms with Crippen LogP contribution in [-0.4, -0.2) is 0 Å². The van der Waals surface area contributed by atoms with Gasteiger partial charge in [0, 0.05) is 11.1 Å². The molecule has 1 aliphatic carbocycles. The molecule has 0 fully saturated rings. The molecule has 32 heavy (non-hydrogen) atoms. The van der Waals surface area contributed by atoms with Crippen LogP contribution in [0.25, 0.3) is 11.1 Å². The zero-order valence-corrected chi connectivity index (χ0v) is 18.0. The van der Waals surface area contributed by atoms with Crippen LogP contribution in [0.5, 0.6) is 0 Å². The lowest BCUT2D eigenvalue weighted by Crippen LogP contribution is -1.93. The summed E-state index contributed by atoms with van der Waals surface area (Å²) in [5.41, 5.74) is 10.0. The van der Waals surface area contributed by atoms with E-state index in [1.54, 1.807) is 0 Å². The molecule has 152 valence electrons. The van der Waals surface area contributed by atoms with Gasteiger partial charge < -0.3 is 0 Å². The molecule has 0 atom stereocenters. The predicted molar refractivity (Wildman–Crippen MR) is 135 cm³/mol. The van der Waals surface area contributed by atoms with Crippen LogP contribution in [0.15, 0.2) is 132 Å². The van der Waals surface area contributed by atoms with Crippen molar-refractivity contribution in [1.29, 1.82) is 0 Å². The fourth-order valence-electron chi connectivity index (χ4n) is 4.34. The smallest absolute Gasteiger partial charge is 0.0368 e. The fourth-order valence-corrected chi connectivity index (χ4v) is 4.34. The van der Waals surface area contributed by atoms with Gasteiger partial charge in [0.1, 0.15) is 0 Å². The highest BCUT2D eigenvalue weighted by molar-refractivity contribution is 6.00. The van der Waals surface area contributed by atoms with Gasteiger partial charge in [-0.3, -0.25) is 0 Å². The van der Waals surface area contributed by atoms with Crippen LogP contribution in [0.1, 0.15) is 28.7 Å². The maximum Gasteiger partial charge on any atom is 0.0368 e. The average molecular weight is 409 g/mol. The second kappa shape index (κ2) is 9.38. The molecule has 0 saturated carbocycles. The van der Waals surface area contributed by atoms with Crippen molar-refractivity contribution in [2.75, 3.05) is 0 Å². The van der Waals surface area contributed by atoms with Crippen molar-refractivity contribution < 1.29 is 0 Å². The minimum absolute atomic E-state index is 0.919. The van der Waals surface area contributed by atoms with Crippen LogP contribution in [0.3, 0.4) is 0 Å². The Bertz CT molecular complexity index is 1310. The minimum atomic E-state index is 0.919. The molecule has 0 radical (unpaired) electrons. The monoisotopic (exact) mass is 408 g/mol. The van der Waals surface area contributed by atoms with Crippen molar-refractivity contribution in [2.24, 2.45) is 0 Å². The molecule has 1 aliphatic rings. The molecule has 0 saturated heterocycles. The highest BCUT2D eigenvalue weighted by Gasteiger charge is 2.25. The molecule has 0 heteroatoms. The molecule has 4 aromatic carbocycles. The molecule has 0 amide bonds. The van der Waals surface area contributed by atoms with Crippen LogP contribution in [0, 0.1) is 11.8 Å². The van der Waals surface area contributed by atoms with Gasteiger partial charge in [-0.25, -0.2) is 0 Å². The Hall–Kier alpha value is -4.08. The van der Waals surface area contributed by atoms with Crippen molar-refractivity contribution >= 4 is 11.1 Å². The Morgan fingerprint density at radius 3 is 1.69 bits per heavy atom. The summed E-state index contributed by atoms with van der Waals surface area (Å²) in [7, 11) is 0. The molecular formula is C32H24. The summed E-state index contributed by atoms with van der Waals surface area (Å²) < 4.78 is 0. The van der Waals surface area contributed by atoms with E-state index in [4.69, 9.17) is 0 Å². The lowest BCUT2D eigenvalue weighted by Gasteiger charge is -2.10. The molecule has 5 rings (SSSR count). The average Bonchev–Trinajstić information content (AvgIpc) is 3.23. The SMILES string of the molecule is C(#Cc1ccccc1)C1=C(c2ccccc2)CC(Cc2ccccc2)=C1c1ccccc1. The molecule has 4 aromatic rings. The lowest BCUT2D eigenvalue weighted by atomic mass is 9.93. The van der Waals surface area contributed by atoms with Gasteiger partial charge in [0.25, 0.3) is 0 Å². The van der Waals surface area contributed by atoms with E-state index in [-0.39, 0.29) is 0 Å². The Morgan fingerprint density at radius 2 is 1.06 bits per heavy atom. The molecule has 0 aliphatic heterocycles. The van der Waals surface area contributed by atoms with Crippen LogP contribution in [0.4, 0.5) is 0 Å². The Balaban J connectivity index is 1.68. The first-order valence-electron chi connectivity index (χ1n) is 11.1. The largest absolute Gasteiger partial charge is 0.0622 e. The van der Waals surface area contributed by atoms with Crippen LogP contribution in [-0.2, 0) is 6.42 Å². The molecule has 0 unspecified atom stereocenters.